The van der Waals surface area contributed by atoms with Crippen molar-refractivity contribution in [2.24, 2.45) is 0 Å². The van der Waals surface area contributed by atoms with Crippen molar-refractivity contribution in [3.05, 3.63) is 57.8 Å². The average Bonchev–Trinajstić information content (AvgIpc) is 2.34. The van der Waals surface area contributed by atoms with Crippen LogP contribution in [0, 0.1) is 13.8 Å². The first-order valence-electron chi connectivity index (χ1n) is 5.57. The maximum Gasteiger partial charge on any atom is 0.274 e. The third-order valence-electron chi connectivity index (χ3n) is 2.55. The maximum absolute atomic E-state index is 12.0. The molecule has 0 atom stereocenters. The molecule has 1 aromatic carbocycles. The molecule has 0 fully saturated rings. The number of rotatable bonds is 2. The van der Waals surface area contributed by atoms with Crippen molar-refractivity contribution in [3.63, 3.8) is 0 Å². The molecule has 2 aromatic rings. The Hall–Kier alpha value is -1.68. The minimum Gasteiger partial charge on any atom is -0.321 e. The largest absolute Gasteiger partial charge is 0.321 e. The first-order valence-corrected chi connectivity index (χ1v) is 6.37. The van der Waals surface area contributed by atoms with Gasteiger partial charge in [-0.3, -0.25) is 4.79 Å². The number of nitrogens with one attached hydrogen (secondary N) is 1. The Bertz CT molecular complexity index is 596. The number of hydrogen-bond acceptors (Lipinski definition) is 2. The molecule has 0 aliphatic rings. The van der Waals surface area contributed by atoms with Crippen molar-refractivity contribution in [2.75, 3.05) is 5.32 Å². The van der Waals surface area contributed by atoms with Gasteiger partial charge in [-0.1, -0.05) is 28.1 Å². The lowest BCUT2D eigenvalue weighted by Crippen LogP contribution is -2.13. The number of carbonyl (C=O) groups is 1. The lowest BCUT2D eigenvalue weighted by molar-refractivity contribution is 0.102. The van der Waals surface area contributed by atoms with Gasteiger partial charge in [-0.05, 0) is 43.7 Å². The Morgan fingerprint density at radius 3 is 2.67 bits per heavy atom. The molecule has 0 unspecified atom stereocenters. The lowest BCUT2D eigenvalue weighted by atomic mass is 10.2. The zero-order valence-electron chi connectivity index (χ0n) is 10.2. The predicted molar refractivity (Wildman–Crippen MR) is 75.8 cm³/mol. The fraction of sp³-hybridized carbons (Fsp3) is 0.143. The maximum atomic E-state index is 12.0. The molecule has 1 heterocycles. The van der Waals surface area contributed by atoms with E-state index in [0.717, 1.165) is 21.4 Å². The fourth-order valence-electron chi connectivity index (χ4n) is 1.54. The van der Waals surface area contributed by atoms with E-state index in [1.807, 2.05) is 44.2 Å². The molecule has 92 valence electrons. The number of pyridine rings is 1. The molecule has 0 spiro atoms. The number of hydrogen-bond donors (Lipinski definition) is 1. The first-order chi connectivity index (χ1) is 8.56. The zero-order valence-corrected chi connectivity index (χ0v) is 11.8. The standard InChI is InChI=1S/C14H13BrN2O/c1-9-6-7-11(8-12(9)15)17-14(18)13-5-3-4-10(2)16-13/h3-8H,1-2H3,(H,17,18). The van der Waals surface area contributed by atoms with Crippen molar-refractivity contribution >= 4 is 27.5 Å². The van der Waals surface area contributed by atoms with Gasteiger partial charge >= 0.3 is 0 Å². The van der Waals surface area contributed by atoms with Crippen molar-refractivity contribution in [1.82, 2.24) is 4.98 Å². The van der Waals surface area contributed by atoms with Gasteiger partial charge in [0.15, 0.2) is 0 Å². The van der Waals surface area contributed by atoms with Crippen LogP contribution in [0.4, 0.5) is 5.69 Å². The smallest absolute Gasteiger partial charge is 0.274 e. The van der Waals surface area contributed by atoms with Gasteiger partial charge in [-0.2, -0.15) is 0 Å². The highest BCUT2D eigenvalue weighted by molar-refractivity contribution is 9.10. The van der Waals surface area contributed by atoms with Gasteiger partial charge in [0.05, 0.1) is 0 Å². The Morgan fingerprint density at radius 1 is 1.22 bits per heavy atom. The molecule has 2 rings (SSSR count). The van der Waals surface area contributed by atoms with Gasteiger partial charge in [0.25, 0.3) is 5.91 Å². The molecular weight excluding hydrogens is 292 g/mol. The van der Waals surface area contributed by atoms with Crippen LogP contribution in [0.25, 0.3) is 0 Å². The molecule has 0 aliphatic carbocycles. The number of carbonyl (C=O) groups excluding carboxylic acids is 1. The summed E-state index contributed by atoms with van der Waals surface area (Å²) < 4.78 is 0.970. The Kier molecular flexibility index (Phi) is 3.77. The predicted octanol–water partition coefficient (Wildman–Crippen LogP) is 3.71. The first kappa shape index (κ1) is 12.8. The van der Waals surface area contributed by atoms with Crippen LogP contribution in [0.15, 0.2) is 40.9 Å². The molecule has 18 heavy (non-hydrogen) atoms. The molecule has 1 amide bonds. The monoisotopic (exact) mass is 304 g/mol. The van der Waals surface area contributed by atoms with Crippen molar-refractivity contribution in [2.45, 2.75) is 13.8 Å². The summed E-state index contributed by atoms with van der Waals surface area (Å²) in [4.78, 5) is 16.2. The molecule has 0 aliphatic heterocycles. The highest BCUT2D eigenvalue weighted by atomic mass is 79.9. The molecule has 3 nitrogen and oxygen atoms in total. The van der Waals surface area contributed by atoms with Crippen LogP contribution in [0.2, 0.25) is 0 Å². The van der Waals surface area contributed by atoms with Crippen molar-refractivity contribution < 1.29 is 4.79 Å². The van der Waals surface area contributed by atoms with Crippen LogP contribution in [-0.4, -0.2) is 10.9 Å². The zero-order chi connectivity index (χ0) is 13.1. The molecule has 0 saturated carbocycles. The average molecular weight is 305 g/mol. The van der Waals surface area contributed by atoms with Gasteiger partial charge in [0, 0.05) is 15.9 Å². The van der Waals surface area contributed by atoms with Crippen LogP contribution in [0.3, 0.4) is 0 Å². The second-order valence-corrected chi connectivity index (χ2v) is 4.94. The summed E-state index contributed by atoms with van der Waals surface area (Å²) in [5.41, 5.74) is 3.13. The van der Waals surface area contributed by atoms with E-state index in [-0.39, 0.29) is 5.91 Å². The molecular formula is C14H13BrN2O. The number of amides is 1. The van der Waals surface area contributed by atoms with Crippen molar-refractivity contribution in [1.29, 1.82) is 0 Å². The summed E-state index contributed by atoms with van der Waals surface area (Å²) in [5, 5.41) is 2.82. The molecule has 1 aromatic heterocycles. The Balaban J connectivity index is 2.18. The van der Waals surface area contributed by atoms with Gasteiger partial charge in [0.1, 0.15) is 5.69 Å². The van der Waals surface area contributed by atoms with E-state index in [0.29, 0.717) is 5.69 Å². The second kappa shape index (κ2) is 5.31. The van der Waals surface area contributed by atoms with E-state index in [4.69, 9.17) is 0 Å². The van der Waals surface area contributed by atoms with Crippen LogP contribution >= 0.6 is 15.9 Å². The highest BCUT2D eigenvalue weighted by Gasteiger charge is 2.08. The number of halogens is 1. The third kappa shape index (κ3) is 2.96. The van der Waals surface area contributed by atoms with E-state index >= 15 is 0 Å². The van der Waals surface area contributed by atoms with E-state index in [9.17, 15) is 4.79 Å². The summed E-state index contributed by atoms with van der Waals surface area (Å²) in [7, 11) is 0. The van der Waals surface area contributed by atoms with Gasteiger partial charge in [-0.25, -0.2) is 4.98 Å². The lowest BCUT2D eigenvalue weighted by Gasteiger charge is -2.07. The van der Waals surface area contributed by atoms with Crippen LogP contribution < -0.4 is 5.32 Å². The summed E-state index contributed by atoms with van der Waals surface area (Å²) in [6.07, 6.45) is 0. The van der Waals surface area contributed by atoms with Crippen LogP contribution in [0.1, 0.15) is 21.7 Å². The van der Waals surface area contributed by atoms with Gasteiger partial charge in [-0.15, -0.1) is 0 Å². The number of aryl methyl sites for hydroxylation is 2. The number of benzene rings is 1. The second-order valence-electron chi connectivity index (χ2n) is 4.08. The van der Waals surface area contributed by atoms with E-state index in [1.165, 1.54) is 0 Å². The summed E-state index contributed by atoms with van der Waals surface area (Å²) in [6.45, 7) is 3.86. The summed E-state index contributed by atoms with van der Waals surface area (Å²) >= 11 is 3.44. The van der Waals surface area contributed by atoms with E-state index in [2.05, 4.69) is 26.2 Å². The van der Waals surface area contributed by atoms with Crippen LogP contribution in [-0.2, 0) is 0 Å². The summed E-state index contributed by atoms with van der Waals surface area (Å²) in [6, 6.07) is 11.1. The minimum absolute atomic E-state index is 0.200. The molecule has 1 N–H and O–H groups in total. The molecule has 4 heteroatoms. The Labute approximate surface area is 114 Å². The highest BCUT2D eigenvalue weighted by Crippen LogP contribution is 2.20. The normalized spacial score (nSPS) is 10.2. The SMILES string of the molecule is Cc1cccc(C(=O)Nc2ccc(C)c(Br)c2)n1. The van der Waals surface area contributed by atoms with Crippen LogP contribution in [0.5, 0.6) is 0 Å². The van der Waals surface area contributed by atoms with Crippen molar-refractivity contribution in [3.8, 4) is 0 Å². The van der Waals surface area contributed by atoms with Gasteiger partial charge < -0.3 is 5.32 Å². The van der Waals surface area contributed by atoms with E-state index < -0.39 is 0 Å². The van der Waals surface area contributed by atoms with E-state index in [1.54, 1.807) is 6.07 Å². The number of anilines is 1. The topological polar surface area (TPSA) is 42.0 Å². The quantitative estimate of drug-likeness (QED) is 0.919. The number of aromatic nitrogens is 1. The summed E-state index contributed by atoms with van der Waals surface area (Å²) in [5.74, 6) is -0.200. The third-order valence-corrected chi connectivity index (χ3v) is 3.41. The fourth-order valence-corrected chi connectivity index (χ4v) is 1.91. The Morgan fingerprint density at radius 2 is 2.00 bits per heavy atom. The number of nitrogens with zero attached hydrogens (tertiary/aromatic N) is 1. The molecule has 0 radical (unpaired) electrons. The molecule has 0 saturated heterocycles. The molecule has 0 bridgehead atoms. The van der Waals surface area contributed by atoms with Gasteiger partial charge in [0.2, 0.25) is 0 Å². The minimum atomic E-state index is -0.200.